The number of hydrogen-bond acceptors (Lipinski definition) is 4. The van der Waals surface area contributed by atoms with Gasteiger partial charge in [-0.15, -0.1) is 0 Å². The van der Waals surface area contributed by atoms with E-state index in [4.69, 9.17) is 11.5 Å². The summed E-state index contributed by atoms with van der Waals surface area (Å²) >= 11 is 0. The van der Waals surface area contributed by atoms with Gasteiger partial charge >= 0.3 is 0 Å². The zero-order valence-corrected chi connectivity index (χ0v) is 8.83. The molecule has 78 valence electrons. The number of aromatic nitrogens is 1. The second-order valence-electron chi connectivity index (χ2n) is 3.46. The minimum Gasteiger partial charge on any atom is -0.397 e. The Morgan fingerprint density at radius 2 is 2.14 bits per heavy atom. The Hall–Kier alpha value is -1.45. The van der Waals surface area contributed by atoms with Gasteiger partial charge in [0.15, 0.2) is 5.82 Å². The first-order chi connectivity index (χ1) is 6.65. The SMILES string of the molecule is CCCCN(C)c1ncc(N)cc1N. The number of nitrogens with two attached hydrogens (primary N) is 2. The van der Waals surface area contributed by atoms with E-state index < -0.39 is 0 Å². The van der Waals surface area contributed by atoms with Crippen LogP contribution in [0.25, 0.3) is 0 Å². The molecule has 0 aliphatic rings. The third-order valence-corrected chi connectivity index (χ3v) is 2.12. The maximum Gasteiger partial charge on any atom is 0.151 e. The minimum atomic E-state index is 0.607. The van der Waals surface area contributed by atoms with Gasteiger partial charge in [0, 0.05) is 13.6 Å². The van der Waals surface area contributed by atoms with Crippen LogP contribution in [0.1, 0.15) is 19.8 Å². The van der Waals surface area contributed by atoms with E-state index in [-0.39, 0.29) is 0 Å². The van der Waals surface area contributed by atoms with Crippen molar-refractivity contribution >= 4 is 17.2 Å². The molecule has 4 nitrogen and oxygen atoms in total. The highest BCUT2D eigenvalue weighted by atomic mass is 15.2. The molecule has 14 heavy (non-hydrogen) atoms. The number of nitrogens with zero attached hydrogens (tertiary/aromatic N) is 2. The van der Waals surface area contributed by atoms with Gasteiger partial charge in [0.1, 0.15) is 0 Å². The van der Waals surface area contributed by atoms with Crippen LogP contribution in [-0.2, 0) is 0 Å². The van der Waals surface area contributed by atoms with Gasteiger partial charge in [0.25, 0.3) is 0 Å². The molecule has 4 heteroatoms. The predicted octanol–water partition coefficient (Wildman–Crippen LogP) is 1.48. The van der Waals surface area contributed by atoms with E-state index in [0.29, 0.717) is 11.4 Å². The molecule has 0 unspecified atom stereocenters. The summed E-state index contributed by atoms with van der Waals surface area (Å²) in [5.41, 5.74) is 12.6. The second kappa shape index (κ2) is 4.69. The predicted molar refractivity (Wildman–Crippen MR) is 61.2 cm³/mol. The summed E-state index contributed by atoms with van der Waals surface area (Å²) in [5, 5.41) is 0. The Balaban J connectivity index is 2.74. The van der Waals surface area contributed by atoms with E-state index in [1.165, 1.54) is 6.42 Å². The molecule has 0 bridgehead atoms. The van der Waals surface area contributed by atoms with Crippen molar-refractivity contribution in [3.05, 3.63) is 12.3 Å². The molecule has 0 amide bonds. The van der Waals surface area contributed by atoms with Gasteiger partial charge in [-0.2, -0.15) is 0 Å². The molecule has 0 saturated carbocycles. The van der Waals surface area contributed by atoms with Crippen molar-refractivity contribution in [2.75, 3.05) is 30.0 Å². The van der Waals surface area contributed by atoms with Crippen LogP contribution in [0.5, 0.6) is 0 Å². The number of rotatable bonds is 4. The van der Waals surface area contributed by atoms with Crippen LogP contribution in [0.2, 0.25) is 0 Å². The molecule has 1 rings (SSSR count). The number of pyridine rings is 1. The largest absolute Gasteiger partial charge is 0.397 e. The molecule has 0 aliphatic carbocycles. The Bertz CT molecular complexity index is 298. The Labute approximate surface area is 84.9 Å². The molecule has 0 aliphatic heterocycles. The van der Waals surface area contributed by atoms with Crippen LogP contribution in [0, 0.1) is 0 Å². The van der Waals surface area contributed by atoms with Crippen molar-refractivity contribution in [2.24, 2.45) is 0 Å². The monoisotopic (exact) mass is 194 g/mol. The maximum atomic E-state index is 5.81. The molecular formula is C10H18N4. The summed E-state index contributed by atoms with van der Waals surface area (Å²) in [4.78, 5) is 6.26. The lowest BCUT2D eigenvalue weighted by Crippen LogP contribution is -2.20. The van der Waals surface area contributed by atoms with Crippen molar-refractivity contribution in [1.29, 1.82) is 0 Å². The van der Waals surface area contributed by atoms with Crippen LogP contribution in [0.15, 0.2) is 12.3 Å². The smallest absolute Gasteiger partial charge is 0.151 e. The van der Waals surface area contributed by atoms with Gasteiger partial charge in [0.2, 0.25) is 0 Å². The average molecular weight is 194 g/mol. The summed E-state index contributed by atoms with van der Waals surface area (Å²) in [6.45, 7) is 3.13. The molecule has 0 saturated heterocycles. The number of hydrogen-bond donors (Lipinski definition) is 2. The average Bonchev–Trinajstić information content (AvgIpc) is 2.14. The summed E-state index contributed by atoms with van der Waals surface area (Å²) in [7, 11) is 1.99. The summed E-state index contributed by atoms with van der Waals surface area (Å²) < 4.78 is 0. The maximum absolute atomic E-state index is 5.81. The van der Waals surface area contributed by atoms with E-state index in [1.54, 1.807) is 12.3 Å². The topological polar surface area (TPSA) is 68.2 Å². The van der Waals surface area contributed by atoms with E-state index >= 15 is 0 Å². The first-order valence-electron chi connectivity index (χ1n) is 4.87. The van der Waals surface area contributed by atoms with Gasteiger partial charge in [-0.25, -0.2) is 4.98 Å². The van der Waals surface area contributed by atoms with Crippen LogP contribution in [0.4, 0.5) is 17.2 Å². The Morgan fingerprint density at radius 1 is 1.43 bits per heavy atom. The van der Waals surface area contributed by atoms with Gasteiger partial charge < -0.3 is 16.4 Å². The van der Waals surface area contributed by atoms with E-state index in [9.17, 15) is 0 Å². The molecule has 0 spiro atoms. The number of nitrogen functional groups attached to an aromatic ring is 2. The Morgan fingerprint density at radius 3 is 2.71 bits per heavy atom. The molecule has 4 N–H and O–H groups in total. The second-order valence-corrected chi connectivity index (χ2v) is 3.46. The quantitative estimate of drug-likeness (QED) is 0.761. The van der Waals surface area contributed by atoms with E-state index in [2.05, 4.69) is 16.8 Å². The van der Waals surface area contributed by atoms with Crippen LogP contribution < -0.4 is 16.4 Å². The fraction of sp³-hybridized carbons (Fsp3) is 0.500. The highest BCUT2D eigenvalue weighted by Gasteiger charge is 2.05. The lowest BCUT2D eigenvalue weighted by atomic mass is 10.3. The van der Waals surface area contributed by atoms with Crippen molar-refractivity contribution in [3.8, 4) is 0 Å². The van der Waals surface area contributed by atoms with Crippen LogP contribution in [-0.4, -0.2) is 18.6 Å². The summed E-state index contributed by atoms with van der Waals surface area (Å²) in [5.74, 6) is 0.813. The fourth-order valence-corrected chi connectivity index (χ4v) is 1.31. The minimum absolute atomic E-state index is 0.607. The van der Waals surface area contributed by atoms with E-state index in [1.807, 2.05) is 7.05 Å². The first-order valence-corrected chi connectivity index (χ1v) is 4.87. The molecule has 0 atom stereocenters. The van der Waals surface area contributed by atoms with Gasteiger partial charge in [-0.1, -0.05) is 13.3 Å². The lowest BCUT2D eigenvalue weighted by Gasteiger charge is -2.19. The van der Waals surface area contributed by atoms with Crippen LogP contribution in [0.3, 0.4) is 0 Å². The van der Waals surface area contributed by atoms with Crippen molar-refractivity contribution in [3.63, 3.8) is 0 Å². The molecule has 0 aromatic carbocycles. The van der Waals surface area contributed by atoms with E-state index in [0.717, 1.165) is 18.8 Å². The van der Waals surface area contributed by atoms with Gasteiger partial charge in [0.05, 0.1) is 17.6 Å². The normalized spacial score (nSPS) is 10.1. The van der Waals surface area contributed by atoms with Gasteiger partial charge in [-0.3, -0.25) is 0 Å². The third kappa shape index (κ3) is 2.52. The summed E-state index contributed by atoms with van der Waals surface area (Å²) in [6, 6.07) is 1.74. The highest BCUT2D eigenvalue weighted by Crippen LogP contribution is 2.20. The number of anilines is 3. The standard InChI is InChI=1S/C10H18N4/c1-3-4-5-14(2)10-9(12)6-8(11)7-13-10/h6-7H,3-5,11-12H2,1-2H3. The van der Waals surface area contributed by atoms with Crippen LogP contribution >= 0.6 is 0 Å². The third-order valence-electron chi connectivity index (χ3n) is 2.12. The van der Waals surface area contributed by atoms with Gasteiger partial charge in [-0.05, 0) is 12.5 Å². The van der Waals surface area contributed by atoms with Crippen molar-refractivity contribution < 1.29 is 0 Å². The molecule has 1 aromatic heterocycles. The zero-order valence-electron chi connectivity index (χ0n) is 8.83. The fourth-order valence-electron chi connectivity index (χ4n) is 1.31. The Kier molecular flexibility index (Phi) is 3.56. The van der Waals surface area contributed by atoms with Crippen molar-refractivity contribution in [1.82, 2.24) is 4.98 Å². The molecule has 1 aromatic rings. The highest BCUT2D eigenvalue weighted by molar-refractivity contribution is 5.66. The summed E-state index contributed by atoms with van der Waals surface area (Å²) in [6.07, 6.45) is 3.94. The zero-order chi connectivity index (χ0) is 10.6. The molecule has 0 radical (unpaired) electrons. The molecule has 0 fully saturated rings. The lowest BCUT2D eigenvalue weighted by molar-refractivity contribution is 0.760. The number of unbranched alkanes of at least 4 members (excludes halogenated alkanes) is 1. The molecular weight excluding hydrogens is 176 g/mol. The first kappa shape index (κ1) is 10.6. The van der Waals surface area contributed by atoms with Crippen molar-refractivity contribution in [2.45, 2.75) is 19.8 Å². The molecule has 1 heterocycles.